The number of hydrogen-bond acceptors (Lipinski definition) is 7. The molecular weight excluding hydrogens is 369 g/mol. The molecule has 3 rings (SSSR count). The van der Waals surface area contributed by atoms with Crippen molar-refractivity contribution in [1.29, 1.82) is 0 Å². The molecule has 0 atom stereocenters. The van der Waals surface area contributed by atoms with Crippen LogP contribution in [0.25, 0.3) is 16.0 Å². The summed E-state index contributed by atoms with van der Waals surface area (Å²) in [7, 11) is -1.97. The molecule has 0 amide bonds. The smallest absolute Gasteiger partial charge is 0.470 e. The van der Waals surface area contributed by atoms with Gasteiger partial charge in [0.2, 0.25) is 0 Å². The van der Waals surface area contributed by atoms with Crippen LogP contribution in [0.5, 0.6) is 10.9 Å². The van der Waals surface area contributed by atoms with Gasteiger partial charge in [0.25, 0.3) is 10.8 Å². The van der Waals surface area contributed by atoms with Crippen LogP contribution in [0.2, 0.25) is 0 Å². The van der Waals surface area contributed by atoms with Gasteiger partial charge >= 0.3 is 13.7 Å². The number of halogens is 2. The Balaban J connectivity index is 2.19. The van der Waals surface area contributed by atoms with Crippen molar-refractivity contribution in [3.63, 3.8) is 0 Å². The summed E-state index contributed by atoms with van der Waals surface area (Å²) in [5.41, 5.74) is -0.367. The Morgan fingerprint density at radius 2 is 2.00 bits per heavy atom. The first kappa shape index (κ1) is 18.3. The summed E-state index contributed by atoms with van der Waals surface area (Å²) in [5.74, 6) is -0.0697. The Morgan fingerprint density at radius 3 is 2.58 bits per heavy atom. The molecule has 136 valence electrons. The number of thiazole rings is 1. The average Bonchev–Trinajstić information content (AvgIpc) is 2.97. The minimum Gasteiger partial charge on any atom is -0.470 e. The summed E-state index contributed by atoms with van der Waals surface area (Å²) in [5, 5.41) is 19.3. The van der Waals surface area contributed by atoms with Gasteiger partial charge in [-0.25, -0.2) is 0 Å². The molecule has 2 heterocycles. The van der Waals surface area contributed by atoms with Crippen LogP contribution in [0.15, 0.2) is 35.1 Å². The lowest BCUT2D eigenvalue weighted by atomic mass is 9.81. The van der Waals surface area contributed by atoms with Crippen LogP contribution < -0.4 is 20.5 Å². The lowest BCUT2D eigenvalue weighted by molar-refractivity contribution is -0.0498. The Kier molecular flexibility index (Phi) is 5.21. The summed E-state index contributed by atoms with van der Waals surface area (Å²) in [6.45, 7) is -0.807. The largest absolute Gasteiger partial charge is 0.494 e. The molecule has 7 nitrogen and oxygen atoms in total. The van der Waals surface area contributed by atoms with Crippen molar-refractivity contribution >= 4 is 34.3 Å². The normalized spacial score (nSPS) is 11.2. The first-order chi connectivity index (χ1) is 12.4. The maximum absolute atomic E-state index is 12.7. The number of nitrogens with zero attached hydrogens (tertiary/aromatic N) is 2. The fourth-order valence-corrected chi connectivity index (χ4v) is 3.28. The van der Waals surface area contributed by atoms with Crippen LogP contribution in [0.4, 0.5) is 8.78 Å². The highest BCUT2D eigenvalue weighted by Gasteiger charge is 2.22. The Morgan fingerprint density at radius 1 is 1.31 bits per heavy atom. The number of ether oxygens (including phenoxy) is 2. The fourth-order valence-electron chi connectivity index (χ4n) is 2.37. The van der Waals surface area contributed by atoms with E-state index in [2.05, 4.69) is 9.72 Å². The molecule has 0 aliphatic heterocycles. The zero-order chi connectivity index (χ0) is 18.8. The van der Waals surface area contributed by atoms with Crippen molar-refractivity contribution in [3.8, 4) is 16.6 Å². The molecular formula is C15H13BF2N2O5S. The van der Waals surface area contributed by atoms with Gasteiger partial charge in [-0.15, -0.1) is 0 Å². The molecule has 0 saturated carbocycles. The first-order valence-corrected chi connectivity index (χ1v) is 8.33. The third-order valence-electron chi connectivity index (χ3n) is 3.43. The molecule has 0 spiro atoms. The van der Waals surface area contributed by atoms with E-state index in [4.69, 9.17) is 4.74 Å². The van der Waals surface area contributed by atoms with Crippen molar-refractivity contribution in [3.05, 3.63) is 40.7 Å². The van der Waals surface area contributed by atoms with Gasteiger partial charge in [0.05, 0.1) is 17.0 Å². The number of hydrogen-bond donors (Lipinski definition) is 2. The predicted octanol–water partition coefficient (Wildman–Crippen LogP) is 1.13. The lowest BCUT2D eigenvalue weighted by Crippen LogP contribution is -2.45. The van der Waals surface area contributed by atoms with Crippen LogP contribution in [0, 0.1) is 0 Å². The van der Waals surface area contributed by atoms with Crippen molar-refractivity contribution < 1.29 is 28.3 Å². The van der Waals surface area contributed by atoms with Crippen molar-refractivity contribution in [2.24, 2.45) is 0 Å². The fraction of sp³-hybridized carbons (Fsp3) is 0.200. The molecule has 0 aliphatic carbocycles. The van der Waals surface area contributed by atoms with Gasteiger partial charge in [-0.3, -0.25) is 9.36 Å². The number of pyridine rings is 1. The minimum absolute atomic E-state index is 0.0697. The SMILES string of the molecule is CCOc1nc2c(cc(B(O)O)c(=O)n2-c2ccc(OC(F)F)cc2)s1. The van der Waals surface area contributed by atoms with E-state index in [0.29, 0.717) is 22.2 Å². The molecule has 0 unspecified atom stereocenters. The van der Waals surface area contributed by atoms with Gasteiger partial charge in [0.1, 0.15) is 5.75 Å². The molecule has 0 aliphatic rings. The minimum atomic E-state index is -2.96. The van der Waals surface area contributed by atoms with Crippen LogP contribution in [-0.2, 0) is 0 Å². The van der Waals surface area contributed by atoms with Crippen molar-refractivity contribution in [2.45, 2.75) is 13.5 Å². The quantitative estimate of drug-likeness (QED) is 0.621. The summed E-state index contributed by atoms with van der Waals surface area (Å²) in [6.07, 6.45) is 0. The predicted molar refractivity (Wildman–Crippen MR) is 92.8 cm³/mol. The summed E-state index contributed by atoms with van der Waals surface area (Å²) in [4.78, 5) is 16.9. The molecule has 2 aromatic heterocycles. The number of benzene rings is 1. The molecule has 2 N–H and O–H groups in total. The number of alkyl halides is 2. The van der Waals surface area contributed by atoms with Gasteiger partial charge in [0.15, 0.2) is 5.65 Å². The molecule has 11 heteroatoms. The van der Waals surface area contributed by atoms with E-state index in [1.165, 1.54) is 30.3 Å². The zero-order valence-corrected chi connectivity index (χ0v) is 14.2. The van der Waals surface area contributed by atoms with Crippen LogP contribution in [0.1, 0.15) is 6.92 Å². The molecule has 3 aromatic rings. The van der Waals surface area contributed by atoms with Gasteiger partial charge in [-0.1, -0.05) is 11.3 Å². The van der Waals surface area contributed by atoms with Gasteiger partial charge in [-0.05, 0) is 37.3 Å². The first-order valence-electron chi connectivity index (χ1n) is 7.51. The summed E-state index contributed by atoms with van der Waals surface area (Å²) >= 11 is 1.14. The second-order valence-electron chi connectivity index (χ2n) is 5.09. The van der Waals surface area contributed by atoms with E-state index in [1.54, 1.807) is 6.92 Å². The molecule has 0 radical (unpaired) electrons. The third kappa shape index (κ3) is 3.54. The van der Waals surface area contributed by atoms with Crippen LogP contribution >= 0.6 is 11.3 Å². The number of rotatable bonds is 6. The highest BCUT2D eigenvalue weighted by atomic mass is 32.1. The Hall–Kier alpha value is -2.50. The monoisotopic (exact) mass is 382 g/mol. The van der Waals surface area contributed by atoms with E-state index in [1.807, 2.05) is 0 Å². The molecule has 0 saturated heterocycles. The van der Waals surface area contributed by atoms with Crippen LogP contribution in [-0.4, -0.2) is 39.9 Å². The maximum atomic E-state index is 12.7. The maximum Gasteiger partial charge on any atom is 0.494 e. The molecule has 0 fully saturated rings. The molecule has 0 bridgehead atoms. The standard InChI is InChI=1S/C15H13BF2N2O5S/c1-2-24-15-19-12-11(26-15)7-10(16(22)23)13(21)20(12)8-3-5-9(6-4-8)25-14(17)18/h3-7,14,22-23H,2H2,1H3. The van der Waals surface area contributed by atoms with Crippen molar-refractivity contribution in [2.75, 3.05) is 6.61 Å². The average molecular weight is 382 g/mol. The topological polar surface area (TPSA) is 93.8 Å². The van der Waals surface area contributed by atoms with E-state index in [0.717, 1.165) is 15.9 Å². The highest BCUT2D eigenvalue weighted by Crippen LogP contribution is 2.28. The second-order valence-corrected chi connectivity index (χ2v) is 6.08. The zero-order valence-electron chi connectivity index (χ0n) is 13.4. The number of aromatic nitrogens is 2. The van der Waals surface area contributed by atoms with Gasteiger partial charge < -0.3 is 19.5 Å². The number of fused-ring (bicyclic) bond motifs is 1. The van der Waals surface area contributed by atoms with E-state index < -0.39 is 19.3 Å². The summed E-state index contributed by atoms with van der Waals surface area (Å²) < 4.78 is 35.9. The van der Waals surface area contributed by atoms with Gasteiger partial charge in [0, 0.05) is 5.46 Å². The highest BCUT2D eigenvalue weighted by molar-refractivity contribution is 7.20. The lowest BCUT2D eigenvalue weighted by Gasteiger charge is -2.10. The van der Waals surface area contributed by atoms with E-state index in [9.17, 15) is 23.6 Å². The van der Waals surface area contributed by atoms with E-state index >= 15 is 0 Å². The molecule has 26 heavy (non-hydrogen) atoms. The Bertz CT molecular complexity index is 975. The van der Waals surface area contributed by atoms with E-state index in [-0.39, 0.29) is 16.9 Å². The summed E-state index contributed by atoms with van der Waals surface area (Å²) in [6, 6.07) is 6.68. The van der Waals surface area contributed by atoms with Crippen LogP contribution in [0.3, 0.4) is 0 Å². The van der Waals surface area contributed by atoms with Crippen molar-refractivity contribution in [1.82, 2.24) is 9.55 Å². The molecule has 1 aromatic carbocycles. The second kappa shape index (κ2) is 7.40. The third-order valence-corrected chi connectivity index (χ3v) is 4.33. The van der Waals surface area contributed by atoms with Gasteiger partial charge in [-0.2, -0.15) is 13.8 Å². The Labute approximate surface area is 150 Å².